The van der Waals surface area contributed by atoms with Crippen LogP contribution in [-0.2, 0) is 16.4 Å². The minimum atomic E-state index is -3.99. The summed E-state index contributed by atoms with van der Waals surface area (Å²) in [5.74, 6) is -0.312. The highest BCUT2D eigenvalue weighted by molar-refractivity contribution is 7.89. The monoisotopic (exact) mass is 288 g/mol. The second-order valence-electron chi connectivity index (χ2n) is 4.78. The first kappa shape index (κ1) is 15.6. The van der Waals surface area contributed by atoms with E-state index in [-0.39, 0.29) is 22.5 Å². The van der Waals surface area contributed by atoms with Crippen molar-refractivity contribution in [3.63, 3.8) is 0 Å². The number of hydrogen-bond acceptors (Lipinski definition) is 4. The fraction of sp³-hybridized carbons (Fsp3) is 0.636. The molecule has 0 bridgehead atoms. The number of aryl methyl sites for hydroxylation is 1. The van der Waals surface area contributed by atoms with Gasteiger partial charge in [0.2, 0.25) is 10.0 Å². The summed E-state index contributed by atoms with van der Waals surface area (Å²) in [6, 6.07) is -0.0948. The van der Waals surface area contributed by atoms with E-state index in [4.69, 9.17) is 5.14 Å². The molecule has 0 aliphatic rings. The summed E-state index contributed by atoms with van der Waals surface area (Å²) in [6.45, 7) is 7.49. The average molecular weight is 288 g/mol. The van der Waals surface area contributed by atoms with Crippen LogP contribution in [0.25, 0.3) is 0 Å². The zero-order chi connectivity index (χ0) is 14.8. The highest BCUT2D eigenvalue weighted by Crippen LogP contribution is 2.17. The largest absolute Gasteiger partial charge is 0.348 e. The van der Waals surface area contributed by atoms with Crippen LogP contribution in [0.4, 0.5) is 0 Å². The van der Waals surface area contributed by atoms with Crippen molar-refractivity contribution in [2.75, 3.05) is 0 Å². The summed E-state index contributed by atoms with van der Waals surface area (Å²) in [5.41, 5.74) is 0.164. The van der Waals surface area contributed by atoms with E-state index in [0.29, 0.717) is 12.1 Å². The van der Waals surface area contributed by atoms with Gasteiger partial charge in [0.1, 0.15) is 4.90 Å². The van der Waals surface area contributed by atoms with E-state index in [1.807, 2.05) is 20.8 Å². The number of H-pyrrole nitrogens is 1. The highest BCUT2D eigenvalue weighted by Gasteiger charge is 2.27. The van der Waals surface area contributed by atoms with Gasteiger partial charge in [-0.15, -0.1) is 0 Å². The molecule has 1 aromatic heterocycles. The van der Waals surface area contributed by atoms with Gasteiger partial charge in [0, 0.05) is 6.04 Å². The first-order valence-corrected chi connectivity index (χ1v) is 7.64. The zero-order valence-corrected chi connectivity index (χ0v) is 12.3. The van der Waals surface area contributed by atoms with Gasteiger partial charge < -0.3 is 5.32 Å². The number of nitrogens with one attached hydrogen (secondary N) is 2. The lowest BCUT2D eigenvalue weighted by molar-refractivity contribution is 0.0922. The van der Waals surface area contributed by atoms with Crippen LogP contribution in [0, 0.1) is 5.92 Å². The van der Waals surface area contributed by atoms with Crippen molar-refractivity contribution in [2.24, 2.45) is 11.1 Å². The number of carbonyl (C=O) groups is 1. The van der Waals surface area contributed by atoms with E-state index in [2.05, 4.69) is 15.5 Å². The van der Waals surface area contributed by atoms with Crippen molar-refractivity contribution in [3.05, 3.63) is 11.4 Å². The molecular formula is C11H20N4O3S. The molecule has 0 aromatic carbocycles. The molecular weight excluding hydrogens is 268 g/mol. The third kappa shape index (κ3) is 3.54. The van der Waals surface area contributed by atoms with Crippen LogP contribution in [0.5, 0.6) is 0 Å². The second kappa shape index (κ2) is 5.70. The zero-order valence-electron chi connectivity index (χ0n) is 11.5. The fourth-order valence-corrected chi connectivity index (χ4v) is 2.45. The highest BCUT2D eigenvalue weighted by atomic mass is 32.2. The van der Waals surface area contributed by atoms with Crippen LogP contribution in [0.1, 0.15) is 43.9 Å². The normalized spacial score (nSPS) is 13.6. The van der Waals surface area contributed by atoms with Crippen LogP contribution in [0.2, 0.25) is 0 Å². The van der Waals surface area contributed by atoms with E-state index in [1.54, 1.807) is 6.92 Å². The van der Waals surface area contributed by atoms with Gasteiger partial charge in [-0.25, -0.2) is 13.6 Å². The third-order valence-corrected chi connectivity index (χ3v) is 4.01. The Morgan fingerprint density at radius 1 is 1.42 bits per heavy atom. The van der Waals surface area contributed by atoms with E-state index in [0.717, 1.165) is 0 Å². The van der Waals surface area contributed by atoms with Crippen LogP contribution in [0.15, 0.2) is 4.90 Å². The van der Waals surface area contributed by atoms with Gasteiger partial charge in [-0.3, -0.25) is 9.89 Å². The standard InChI is InChI=1S/C11H20N4O3S/c1-5-8-10(19(12,17)18)9(15-14-8)11(16)13-7(4)6(2)3/h6-7H,5H2,1-4H3,(H,13,16)(H,14,15)(H2,12,17,18). The van der Waals surface area contributed by atoms with Crippen molar-refractivity contribution < 1.29 is 13.2 Å². The minimum Gasteiger partial charge on any atom is -0.348 e. The van der Waals surface area contributed by atoms with E-state index >= 15 is 0 Å². The Morgan fingerprint density at radius 2 is 2.00 bits per heavy atom. The molecule has 19 heavy (non-hydrogen) atoms. The van der Waals surface area contributed by atoms with Gasteiger partial charge in [-0.1, -0.05) is 20.8 Å². The predicted octanol–water partition coefficient (Wildman–Crippen LogP) is 0.394. The molecule has 8 heteroatoms. The summed E-state index contributed by atoms with van der Waals surface area (Å²) < 4.78 is 23.1. The molecule has 0 aliphatic heterocycles. The smallest absolute Gasteiger partial charge is 0.273 e. The Morgan fingerprint density at radius 3 is 2.42 bits per heavy atom. The lowest BCUT2D eigenvalue weighted by atomic mass is 10.1. The molecule has 1 amide bonds. The number of carbonyl (C=O) groups excluding carboxylic acids is 1. The van der Waals surface area contributed by atoms with E-state index in [1.165, 1.54) is 0 Å². The first-order valence-electron chi connectivity index (χ1n) is 6.09. The molecule has 0 saturated heterocycles. The molecule has 0 spiro atoms. The number of sulfonamides is 1. The first-order chi connectivity index (χ1) is 8.68. The Bertz CT molecular complexity index is 562. The lowest BCUT2D eigenvalue weighted by Gasteiger charge is -2.16. The van der Waals surface area contributed by atoms with Gasteiger partial charge in [-0.05, 0) is 19.3 Å². The molecule has 1 unspecified atom stereocenters. The maximum absolute atomic E-state index is 12.0. The van der Waals surface area contributed by atoms with Crippen molar-refractivity contribution in [1.82, 2.24) is 15.5 Å². The molecule has 0 aliphatic carbocycles. The molecule has 1 heterocycles. The summed E-state index contributed by atoms with van der Waals surface area (Å²) in [7, 11) is -3.99. The fourth-order valence-electron chi connectivity index (χ4n) is 1.51. The SMILES string of the molecule is CCc1[nH]nc(C(=O)NC(C)C(C)C)c1S(N)(=O)=O. The van der Waals surface area contributed by atoms with Crippen LogP contribution in [-0.4, -0.2) is 30.6 Å². The van der Waals surface area contributed by atoms with Crippen molar-refractivity contribution in [2.45, 2.75) is 45.1 Å². The van der Waals surface area contributed by atoms with E-state index in [9.17, 15) is 13.2 Å². The van der Waals surface area contributed by atoms with Gasteiger partial charge >= 0.3 is 0 Å². The maximum Gasteiger partial charge on any atom is 0.273 e. The summed E-state index contributed by atoms with van der Waals surface area (Å²) in [4.78, 5) is 11.8. The Kier molecular flexibility index (Phi) is 4.70. The Labute approximate surface area is 113 Å². The van der Waals surface area contributed by atoms with Gasteiger partial charge in [-0.2, -0.15) is 5.10 Å². The number of nitrogens with two attached hydrogens (primary N) is 1. The molecule has 0 saturated carbocycles. The number of rotatable bonds is 5. The van der Waals surface area contributed by atoms with Crippen molar-refractivity contribution in [3.8, 4) is 0 Å². The van der Waals surface area contributed by atoms with E-state index < -0.39 is 15.9 Å². The van der Waals surface area contributed by atoms with Gasteiger partial charge in [0.05, 0.1) is 5.69 Å². The molecule has 4 N–H and O–H groups in total. The summed E-state index contributed by atoms with van der Waals surface area (Å²) in [5, 5.41) is 14.2. The summed E-state index contributed by atoms with van der Waals surface area (Å²) >= 11 is 0. The van der Waals surface area contributed by atoms with Crippen LogP contribution >= 0.6 is 0 Å². The molecule has 108 valence electrons. The number of aromatic amines is 1. The number of hydrogen-bond donors (Lipinski definition) is 3. The molecule has 1 aromatic rings. The molecule has 0 fully saturated rings. The summed E-state index contributed by atoms with van der Waals surface area (Å²) in [6.07, 6.45) is 0.395. The Hall–Kier alpha value is -1.41. The number of amides is 1. The van der Waals surface area contributed by atoms with Gasteiger partial charge in [0.15, 0.2) is 5.69 Å². The average Bonchev–Trinajstić information content (AvgIpc) is 2.71. The topological polar surface area (TPSA) is 118 Å². The van der Waals surface area contributed by atoms with Crippen LogP contribution in [0.3, 0.4) is 0 Å². The lowest BCUT2D eigenvalue weighted by Crippen LogP contribution is -2.37. The molecule has 7 nitrogen and oxygen atoms in total. The number of primary sulfonamides is 1. The third-order valence-electron chi connectivity index (χ3n) is 3.00. The molecule has 1 atom stereocenters. The second-order valence-corrected chi connectivity index (χ2v) is 6.28. The predicted molar refractivity (Wildman–Crippen MR) is 71.1 cm³/mol. The number of aromatic nitrogens is 2. The van der Waals surface area contributed by atoms with Crippen molar-refractivity contribution in [1.29, 1.82) is 0 Å². The van der Waals surface area contributed by atoms with Crippen molar-refractivity contribution >= 4 is 15.9 Å². The maximum atomic E-state index is 12.0. The molecule has 1 rings (SSSR count). The minimum absolute atomic E-state index is 0.0948. The molecule has 0 radical (unpaired) electrons. The number of nitrogens with zero attached hydrogens (tertiary/aromatic N) is 1. The van der Waals surface area contributed by atoms with Crippen LogP contribution < -0.4 is 10.5 Å². The van der Waals surface area contributed by atoms with Gasteiger partial charge in [0.25, 0.3) is 5.91 Å². The Balaban J connectivity index is 3.15. The quantitative estimate of drug-likeness (QED) is 0.726.